The van der Waals surface area contributed by atoms with Crippen LogP contribution in [0.15, 0.2) is 36.1 Å². The van der Waals surface area contributed by atoms with Gasteiger partial charge in [0, 0.05) is 12.2 Å². The van der Waals surface area contributed by atoms with Crippen LogP contribution in [0.5, 0.6) is 0 Å². The van der Waals surface area contributed by atoms with Crippen molar-refractivity contribution in [1.29, 1.82) is 0 Å². The fourth-order valence-corrected chi connectivity index (χ4v) is 3.08. The lowest BCUT2D eigenvalue weighted by Gasteiger charge is -2.40. The Hall–Kier alpha value is -0.980. The second-order valence-corrected chi connectivity index (χ2v) is 6.07. The molecule has 96 valence electrons. The molecule has 2 atom stereocenters. The zero-order valence-corrected chi connectivity index (χ0v) is 12.0. The quantitative estimate of drug-likeness (QED) is 0.714. The fourth-order valence-electron chi connectivity index (χ4n) is 3.08. The molecule has 0 heterocycles. The maximum atomic E-state index is 3.86. The lowest BCUT2D eigenvalue weighted by Crippen LogP contribution is -2.32. The van der Waals surface area contributed by atoms with Crippen LogP contribution in [0.1, 0.15) is 41.0 Å². The van der Waals surface area contributed by atoms with E-state index in [-0.39, 0.29) is 0 Å². The molecule has 0 saturated carbocycles. The monoisotopic (exact) mass is 233 g/mol. The lowest BCUT2D eigenvalue weighted by molar-refractivity contribution is 0.195. The van der Waals surface area contributed by atoms with Crippen LogP contribution >= 0.6 is 0 Å². The normalized spacial score (nSPS) is 27.9. The van der Waals surface area contributed by atoms with Gasteiger partial charge in [0.1, 0.15) is 0 Å². The van der Waals surface area contributed by atoms with E-state index in [0.717, 1.165) is 12.2 Å². The summed E-state index contributed by atoms with van der Waals surface area (Å²) in [6, 6.07) is 0. The summed E-state index contributed by atoms with van der Waals surface area (Å²) in [4.78, 5) is 0. The maximum absolute atomic E-state index is 3.86. The van der Waals surface area contributed by atoms with Gasteiger partial charge in [-0.15, -0.1) is 0 Å². The molecule has 0 aromatic rings. The molecule has 1 aliphatic carbocycles. The van der Waals surface area contributed by atoms with Crippen molar-refractivity contribution < 1.29 is 0 Å². The van der Waals surface area contributed by atoms with Crippen LogP contribution in [0.25, 0.3) is 0 Å². The maximum Gasteiger partial charge on any atom is 0.0330 e. The van der Waals surface area contributed by atoms with E-state index >= 15 is 0 Å². The summed E-state index contributed by atoms with van der Waals surface area (Å²) in [5.74, 6) is 1.29. The van der Waals surface area contributed by atoms with Crippen LogP contribution in [-0.4, -0.2) is 6.54 Å². The van der Waals surface area contributed by atoms with Gasteiger partial charge in [0.25, 0.3) is 0 Å². The molecule has 0 aliphatic heterocycles. The van der Waals surface area contributed by atoms with Crippen LogP contribution in [0.3, 0.4) is 0 Å². The number of nitrogens with one attached hydrogen (secondary N) is 1. The van der Waals surface area contributed by atoms with E-state index in [4.69, 9.17) is 0 Å². The van der Waals surface area contributed by atoms with Crippen molar-refractivity contribution in [3.05, 3.63) is 36.1 Å². The molecule has 0 amide bonds. The Morgan fingerprint density at radius 3 is 2.65 bits per heavy atom. The molecule has 0 aromatic heterocycles. The molecule has 1 rings (SSSR count). The number of hydrogen-bond acceptors (Lipinski definition) is 1. The van der Waals surface area contributed by atoms with Gasteiger partial charge in [0.05, 0.1) is 0 Å². The minimum absolute atomic E-state index is 0.373. The van der Waals surface area contributed by atoms with Crippen LogP contribution in [0.2, 0.25) is 0 Å². The average molecular weight is 233 g/mol. The van der Waals surface area contributed by atoms with E-state index in [1.807, 2.05) is 6.92 Å². The molecule has 1 nitrogen and oxygen atoms in total. The predicted molar refractivity (Wildman–Crippen MR) is 76.8 cm³/mol. The molecule has 1 heteroatoms. The first kappa shape index (κ1) is 14.1. The Morgan fingerprint density at radius 1 is 1.47 bits per heavy atom. The molecular formula is C16H27N. The van der Waals surface area contributed by atoms with E-state index in [0.29, 0.717) is 17.3 Å². The van der Waals surface area contributed by atoms with Gasteiger partial charge in [-0.2, -0.15) is 0 Å². The summed E-state index contributed by atoms with van der Waals surface area (Å²) < 4.78 is 0. The highest BCUT2D eigenvalue weighted by molar-refractivity contribution is 5.17. The highest BCUT2D eigenvalue weighted by atomic mass is 14.9. The van der Waals surface area contributed by atoms with Crippen molar-refractivity contribution in [3.63, 3.8) is 0 Å². The molecular weight excluding hydrogens is 206 g/mol. The van der Waals surface area contributed by atoms with Gasteiger partial charge in [-0.05, 0) is 37.5 Å². The van der Waals surface area contributed by atoms with Gasteiger partial charge in [0.15, 0.2) is 0 Å². The molecule has 1 aliphatic rings. The molecule has 0 aromatic carbocycles. The summed E-state index contributed by atoms with van der Waals surface area (Å²) in [5, 5.41) is 3.27. The minimum atomic E-state index is 0.373. The van der Waals surface area contributed by atoms with E-state index in [1.54, 1.807) is 0 Å². The Labute approximate surface area is 107 Å². The van der Waals surface area contributed by atoms with Crippen LogP contribution in [0.4, 0.5) is 0 Å². The highest BCUT2D eigenvalue weighted by Crippen LogP contribution is 2.44. The van der Waals surface area contributed by atoms with Gasteiger partial charge in [-0.25, -0.2) is 0 Å². The van der Waals surface area contributed by atoms with Crippen molar-refractivity contribution in [3.8, 4) is 0 Å². The van der Waals surface area contributed by atoms with E-state index in [9.17, 15) is 0 Å². The van der Waals surface area contributed by atoms with Crippen LogP contribution in [-0.2, 0) is 0 Å². The zero-order chi connectivity index (χ0) is 13.1. The summed E-state index contributed by atoms with van der Waals surface area (Å²) in [6.07, 6.45) is 8.19. The SMILES string of the molecule is C=C(C)NC/C=C(/C)C1C(C)C=CCC1(C)C. The van der Waals surface area contributed by atoms with Gasteiger partial charge in [0.2, 0.25) is 0 Å². The lowest BCUT2D eigenvalue weighted by atomic mass is 9.64. The molecule has 1 N–H and O–H groups in total. The Balaban J connectivity index is 2.75. The third-order valence-electron chi connectivity index (χ3n) is 3.77. The Kier molecular flexibility index (Phi) is 4.62. The largest absolute Gasteiger partial charge is 0.386 e. The van der Waals surface area contributed by atoms with Gasteiger partial charge in [-0.3, -0.25) is 0 Å². The third-order valence-corrected chi connectivity index (χ3v) is 3.77. The highest BCUT2D eigenvalue weighted by Gasteiger charge is 2.35. The summed E-state index contributed by atoms with van der Waals surface area (Å²) >= 11 is 0. The zero-order valence-electron chi connectivity index (χ0n) is 12.0. The molecule has 0 fully saturated rings. The minimum Gasteiger partial charge on any atom is -0.386 e. The number of hydrogen-bond donors (Lipinski definition) is 1. The Morgan fingerprint density at radius 2 is 2.12 bits per heavy atom. The molecule has 17 heavy (non-hydrogen) atoms. The first-order valence-electron chi connectivity index (χ1n) is 6.57. The van der Waals surface area contributed by atoms with E-state index < -0.39 is 0 Å². The predicted octanol–water partition coefficient (Wildman–Crippen LogP) is 4.29. The summed E-state index contributed by atoms with van der Waals surface area (Å²) in [7, 11) is 0. The van der Waals surface area contributed by atoms with Gasteiger partial charge < -0.3 is 5.32 Å². The first-order chi connectivity index (χ1) is 7.84. The average Bonchev–Trinajstić information content (AvgIpc) is 2.15. The second kappa shape index (κ2) is 5.57. The number of allylic oxidation sites excluding steroid dienone is 4. The van der Waals surface area contributed by atoms with Crippen molar-refractivity contribution in [1.82, 2.24) is 5.32 Å². The molecule has 0 saturated heterocycles. The first-order valence-corrected chi connectivity index (χ1v) is 6.57. The van der Waals surface area contributed by atoms with Crippen LogP contribution < -0.4 is 5.32 Å². The fraction of sp³-hybridized carbons (Fsp3) is 0.625. The molecule has 0 radical (unpaired) electrons. The van der Waals surface area contributed by atoms with Crippen molar-refractivity contribution >= 4 is 0 Å². The van der Waals surface area contributed by atoms with E-state index in [2.05, 4.69) is 57.8 Å². The molecule has 0 bridgehead atoms. The standard InChI is InChI=1S/C16H27N/c1-12(2)17-11-9-14(4)15-13(3)8-7-10-16(15,5)6/h7-9,13,15,17H,1,10-11H2,2-6H3/b14-9-. The number of rotatable bonds is 4. The summed E-state index contributed by atoms with van der Waals surface area (Å²) in [5.41, 5.74) is 2.91. The van der Waals surface area contributed by atoms with Crippen molar-refractivity contribution in [2.45, 2.75) is 41.0 Å². The van der Waals surface area contributed by atoms with Gasteiger partial charge >= 0.3 is 0 Å². The molecule has 2 unspecified atom stereocenters. The third kappa shape index (κ3) is 3.76. The topological polar surface area (TPSA) is 12.0 Å². The van der Waals surface area contributed by atoms with Crippen LogP contribution in [0, 0.1) is 17.3 Å². The summed E-state index contributed by atoms with van der Waals surface area (Å²) in [6.45, 7) is 16.1. The molecule has 0 spiro atoms. The Bertz CT molecular complexity index is 333. The van der Waals surface area contributed by atoms with E-state index in [1.165, 1.54) is 12.0 Å². The smallest absolute Gasteiger partial charge is 0.0330 e. The van der Waals surface area contributed by atoms with Gasteiger partial charge in [-0.1, -0.05) is 51.2 Å². The second-order valence-electron chi connectivity index (χ2n) is 6.07. The van der Waals surface area contributed by atoms with Crippen molar-refractivity contribution in [2.24, 2.45) is 17.3 Å². The van der Waals surface area contributed by atoms with Crippen molar-refractivity contribution in [2.75, 3.05) is 6.54 Å².